The third kappa shape index (κ3) is 2.16. The lowest BCUT2D eigenvalue weighted by Crippen LogP contribution is -1.95. The lowest BCUT2D eigenvalue weighted by molar-refractivity contribution is 0.101. The maximum Gasteiger partial charge on any atom is 0.159 e. The number of carbonyl (C=O) groups excluding carboxylic acids is 1. The zero-order valence-corrected chi connectivity index (χ0v) is 14.3. The second kappa shape index (κ2) is 5.38. The van der Waals surface area contributed by atoms with Crippen LogP contribution in [0, 0.1) is 0 Å². The first-order valence-electron chi connectivity index (χ1n) is 7.49. The fourth-order valence-corrected chi connectivity index (χ4v) is 3.69. The fourth-order valence-electron chi connectivity index (χ4n) is 2.75. The minimum atomic E-state index is 0.0441. The molecule has 1 N–H and O–H groups in total. The van der Waals surface area contributed by atoms with Crippen molar-refractivity contribution in [1.29, 1.82) is 0 Å². The summed E-state index contributed by atoms with van der Waals surface area (Å²) < 4.78 is 1.95. The smallest absolute Gasteiger partial charge is 0.159 e. The lowest BCUT2D eigenvalue weighted by Gasteiger charge is -2.01. The number of aromatic nitrogens is 4. The van der Waals surface area contributed by atoms with Gasteiger partial charge in [0.25, 0.3) is 0 Å². The van der Waals surface area contributed by atoms with Gasteiger partial charge in [-0.25, -0.2) is 15.0 Å². The summed E-state index contributed by atoms with van der Waals surface area (Å²) in [5.41, 5.74) is 4.20. The molecule has 120 valence electrons. The van der Waals surface area contributed by atoms with Crippen LogP contribution in [0.2, 0.25) is 0 Å². The molecule has 4 aromatic rings. The number of ketones is 1. The number of rotatable bonds is 3. The molecule has 0 spiro atoms. The Morgan fingerprint density at radius 3 is 2.83 bits per heavy atom. The van der Waals surface area contributed by atoms with E-state index in [9.17, 15) is 4.79 Å². The van der Waals surface area contributed by atoms with Crippen LogP contribution in [0.3, 0.4) is 0 Å². The molecule has 7 heteroatoms. The van der Waals surface area contributed by atoms with Crippen LogP contribution < -0.4 is 5.32 Å². The van der Waals surface area contributed by atoms with Crippen LogP contribution >= 0.6 is 11.3 Å². The Kier molecular flexibility index (Phi) is 3.31. The number of carbonyl (C=O) groups is 1. The highest BCUT2D eigenvalue weighted by molar-refractivity contribution is 7.21. The van der Waals surface area contributed by atoms with Crippen molar-refractivity contribution in [2.75, 3.05) is 12.4 Å². The van der Waals surface area contributed by atoms with Gasteiger partial charge in [0.1, 0.15) is 26.4 Å². The van der Waals surface area contributed by atoms with Crippen molar-refractivity contribution < 1.29 is 4.79 Å². The highest BCUT2D eigenvalue weighted by Crippen LogP contribution is 2.35. The molecule has 0 saturated heterocycles. The van der Waals surface area contributed by atoms with E-state index in [0.717, 1.165) is 37.8 Å². The molecule has 0 bridgehead atoms. The Morgan fingerprint density at radius 1 is 1.25 bits per heavy atom. The first kappa shape index (κ1) is 14.8. The molecule has 1 aromatic carbocycles. The second-order valence-corrected chi connectivity index (χ2v) is 6.55. The molecule has 24 heavy (non-hydrogen) atoms. The molecule has 0 aliphatic rings. The highest BCUT2D eigenvalue weighted by atomic mass is 32.1. The molecule has 3 aromatic heterocycles. The number of imidazole rings is 1. The molecule has 0 aliphatic heterocycles. The van der Waals surface area contributed by atoms with Crippen molar-refractivity contribution in [3.63, 3.8) is 0 Å². The van der Waals surface area contributed by atoms with Crippen LogP contribution in [0.25, 0.3) is 32.0 Å². The van der Waals surface area contributed by atoms with Crippen LogP contribution in [-0.4, -0.2) is 32.3 Å². The Balaban J connectivity index is 1.99. The minimum absolute atomic E-state index is 0.0441. The van der Waals surface area contributed by atoms with Gasteiger partial charge in [-0.05, 0) is 13.0 Å². The molecule has 6 nitrogen and oxygen atoms in total. The molecule has 0 unspecified atom stereocenters. The molecule has 0 saturated carbocycles. The summed E-state index contributed by atoms with van der Waals surface area (Å²) in [6.45, 7) is 1.57. The quantitative estimate of drug-likeness (QED) is 0.579. The third-order valence-electron chi connectivity index (χ3n) is 3.96. The Hall–Kier alpha value is -2.80. The van der Waals surface area contributed by atoms with Gasteiger partial charge in [0, 0.05) is 25.2 Å². The number of pyridine rings is 1. The Bertz CT molecular complexity index is 1100. The van der Waals surface area contributed by atoms with E-state index in [2.05, 4.69) is 15.3 Å². The Labute approximate surface area is 142 Å². The number of Topliss-reactive ketones (excluding diaryl/α,β-unsaturated/α-hetero) is 1. The van der Waals surface area contributed by atoms with Crippen molar-refractivity contribution in [2.24, 2.45) is 7.05 Å². The first-order chi connectivity index (χ1) is 11.6. The average molecular weight is 337 g/mol. The third-order valence-corrected chi connectivity index (χ3v) is 4.96. The normalized spacial score (nSPS) is 11.3. The number of nitrogens with zero attached hydrogens (tertiary/aromatic N) is 4. The molecular weight excluding hydrogens is 322 g/mol. The predicted molar refractivity (Wildman–Crippen MR) is 96.7 cm³/mol. The number of hydrogen-bond acceptors (Lipinski definition) is 6. The van der Waals surface area contributed by atoms with E-state index in [4.69, 9.17) is 4.98 Å². The van der Waals surface area contributed by atoms with Crippen LogP contribution in [0.1, 0.15) is 17.3 Å². The van der Waals surface area contributed by atoms with E-state index in [-0.39, 0.29) is 5.78 Å². The van der Waals surface area contributed by atoms with Crippen LogP contribution in [0.15, 0.2) is 30.6 Å². The molecule has 4 rings (SSSR count). The maximum absolute atomic E-state index is 11.6. The zero-order valence-electron chi connectivity index (χ0n) is 13.5. The lowest BCUT2D eigenvalue weighted by atomic mass is 10.1. The van der Waals surface area contributed by atoms with E-state index >= 15 is 0 Å². The van der Waals surface area contributed by atoms with Crippen molar-refractivity contribution in [2.45, 2.75) is 6.92 Å². The number of nitrogens with one attached hydrogen (secondary N) is 1. The fraction of sp³-hybridized carbons (Fsp3) is 0.176. The monoisotopic (exact) mass is 337 g/mol. The summed E-state index contributed by atoms with van der Waals surface area (Å²) in [6, 6.07) is 7.53. The van der Waals surface area contributed by atoms with Crippen LogP contribution in [0.4, 0.5) is 5.82 Å². The first-order valence-corrected chi connectivity index (χ1v) is 8.31. The number of aryl methyl sites for hydroxylation is 1. The van der Waals surface area contributed by atoms with Gasteiger partial charge in [-0.15, -0.1) is 0 Å². The van der Waals surface area contributed by atoms with Crippen molar-refractivity contribution in [1.82, 2.24) is 19.5 Å². The SMILES string of the molecule is CNc1nc2sc(-c3cccc(C(C)=O)c3)nc2c2c1ncn2C. The predicted octanol–water partition coefficient (Wildman–Crippen LogP) is 3.49. The Morgan fingerprint density at radius 2 is 2.08 bits per heavy atom. The topological polar surface area (TPSA) is 72.7 Å². The number of anilines is 1. The molecular formula is C17H15N5OS. The van der Waals surface area contributed by atoms with E-state index < -0.39 is 0 Å². The van der Waals surface area contributed by atoms with Gasteiger partial charge in [-0.3, -0.25) is 4.79 Å². The molecule has 0 aliphatic carbocycles. The van der Waals surface area contributed by atoms with E-state index in [1.54, 1.807) is 13.3 Å². The van der Waals surface area contributed by atoms with Gasteiger partial charge in [-0.2, -0.15) is 0 Å². The number of fused-ring (bicyclic) bond motifs is 3. The molecule has 0 atom stereocenters. The van der Waals surface area contributed by atoms with Gasteiger partial charge in [0.2, 0.25) is 0 Å². The van der Waals surface area contributed by atoms with Crippen molar-refractivity contribution >= 4 is 44.3 Å². The van der Waals surface area contributed by atoms with E-state index in [0.29, 0.717) is 5.56 Å². The number of hydrogen-bond donors (Lipinski definition) is 1. The molecule has 0 fully saturated rings. The van der Waals surface area contributed by atoms with Gasteiger partial charge in [0.15, 0.2) is 11.6 Å². The van der Waals surface area contributed by atoms with Gasteiger partial charge >= 0.3 is 0 Å². The highest BCUT2D eigenvalue weighted by Gasteiger charge is 2.17. The standard InChI is InChI=1S/C17H15N5OS/c1-9(23)10-5-4-6-11(7-10)16-20-13-14-12(19-8-22(14)3)15(18-2)21-17(13)24-16/h4-8H,1-3H3,(H,18,21). The van der Waals surface area contributed by atoms with Gasteiger partial charge in [0.05, 0.1) is 6.33 Å². The summed E-state index contributed by atoms with van der Waals surface area (Å²) in [5.74, 6) is 0.786. The molecule has 0 radical (unpaired) electrons. The van der Waals surface area contributed by atoms with E-state index in [1.807, 2.05) is 42.9 Å². The second-order valence-electron chi connectivity index (χ2n) is 5.57. The summed E-state index contributed by atoms with van der Waals surface area (Å²) in [6.07, 6.45) is 1.77. The van der Waals surface area contributed by atoms with E-state index in [1.165, 1.54) is 11.3 Å². The summed E-state index contributed by atoms with van der Waals surface area (Å²) >= 11 is 1.51. The largest absolute Gasteiger partial charge is 0.371 e. The minimum Gasteiger partial charge on any atom is -0.371 e. The number of benzene rings is 1. The van der Waals surface area contributed by atoms with Crippen molar-refractivity contribution in [3.8, 4) is 10.6 Å². The van der Waals surface area contributed by atoms with Gasteiger partial charge < -0.3 is 9.88 Å². The molecule has 0 amide bonds. The van der Waals surface area contributed by atoms with Crippen molar-refractivity contribution in [3.05, 3.63) is 36.2 Å². The van der Waals surface area contributed by atoms with Crippen LogP contribution in [0.5, 0.6) is 0 Å². The van der Waals surface area contributed by atoms with Gasteiger partial charge in [-0.1, -0.05) is 29.5 Å². The average Bonchev–Trinajstić information content (AvgIpc) is 3.17. The summed E-state index contributed by atoms with van der Waals surface area (Å²) in [5, 5.41) is 3.94. The maximum atomic E-state index is 11.6. The van der Waals surface area contributed by atoms with Crippen LogP contribution in [-0.2, 0) is 7.05 Å². The zero-order chi connectivity index (χ0) is 16.8. The molecule has 3 heterocycles. The summed E-state index contributed by atoms with van der Waals surface area (Å²) in [4.78, 5) is 26.3. The number of thiazole rings is 1. The summed E-state index contributed by atoms with van der Waals surface area (Å²) in [7, 11) is 3.78.